The molecule has 1 aromatic carbocycles. The smallest absolute Gasteiger partial charge is 0.243 e. The molecule has 23 heavy (non-hydrogen) atoms. The summed E-state index contributed by atoms with van der Waals surface area (Å²) in [6.45, 7) is 1.70. The Balaban J connectivity index is 1.88. The lowest BCUT2D eigenvalue weighted by Crippen LogP contribution is -2.43. The van der Waals surface area contributed by atoms with Crippen molar-refractivity contribution < 1.29 is 13.2 Å². The lowest BCUT2D eigenvalue weighted by Gasteiger charge is -2.31. The molecule has 0 aromatic heterocycles. The maximum atomic E-state index is 12.9. The van der Waals surface area contributed by atoms with Crippen LogP contribution in [0.1, 0.15) is 31.2 Å². The summed E-state index contributed by atoms with van der Waals surface area (Å²) in [4.78, 5) is 11.9. The Bertz CT molecular complexity index is 697. The number of fused-ring (bicyclic) bond motifs is 1. The molecule has 1 saturated heterocycles. The second-order valence-electron chi connectivity index (χ2n) is 6.22. The van der Waals surface area contributed by atoms with Gasteiger partial charge in [0, 0.05) is 25.2 Å². The van der Waals surface area contributed by atoms with Crippen LogP contribution in [0.3, 0.4) is 0 Å². The van der Waals surface area contributed by atoms with Gasteiger partial charge in [0.15, 0.2) is 0 Å². The van der Waals surface area contributed by atoms with Gasteiger partial charge in [-0.25, -0.2) is 8.42 Å². The van der Waals surface area contributed by atoms with Gasteiger partial charge in [0.2, 0.25) is 15.9 Å². The molecule has 2 N–H and O–H groups in total. The van der Waals surface area contributed by atoms with Crippen LogP contribution in [0, 0.1) is 0 Å². The van der Waals surface area contributed by atoms with Crippen LogP contribution < -0.4 is 10.6 Å². The fourth-order valence-corrected chi connectivity index (χ4v) is 4.71. The third-order valence-electron chi connectivity index (χ3n) is 4.70. The van der Waals surface area contributed by atoms with Crippen LogP contribution in [-0.2, 0) is 21.2 Å². The van der Waals surface area contributed by atoms with Gasteiger partial charge in [-0.2, -0.15) is 4.31 Å². The number of hydrogen-bond acceptors (Lipinski definition) is 4. The molecule has 2 heterocycles. The highest BCUT2D eigenvalue weighted by atomic mass is 32.2. The quantitative estimate of drug-likeness (QED) is 0.872. The number of carbonyl (C=O) groups excluding carboxylic acids is 1. The molecule has 3 rings (SSSR count). The van der Waals surface area contributed by atoms with Crippen LogP contribution in [0.25, 0.3) is 0 Å². The van der Waals surface area contributed by atoms with Crippen molar-refractivity contribution in [1.29, 1.82) is 0 Å². The Morgan fingerprint density at radius 3 is 2.65 bits per heavy atom. The van der Waals surface area contributed by atoms with E-state index >= 15 is 0 Å². The zero-order valence-corrected chi connectivity index (χ0v) is 14.2. The maximum absolute atomic E-state index is 12.9. The SMILES string of the molecule is CN(C1CCNCC1)S(=O)(=O)c1ccc2c(c1)CCCC(=O)N2. The first kappa shape index (κ1) is 16.4. The van der Waals surface area contributed by atoms with Crippen molar-refractivity contribution in [3.8, 4) is 0 Å². The van der Waals surface area contributed by atoms with Crippen molar-refractivity contribution in [2.75, 3.05) is 25.5 Å². The van der Waals surface area contributed by atoms with Crippen LogP contribution >= 0.6 is 0 Å². The number of nitrogens with one attached hydrogen (secondary N) is 2. The van der Waals surface area contributed by atoms with Crippen molar-refractivity contribution >= 4 is 21.6 Å². The van der Waals surface area contributed by atoms with E-state index in [4.69, 9.17) is 0 Å². The summed E-state index contributed by atoms with van der Waals surface area (Å²) in [7, 11) is -1.84. The first-order chi connectivity index (χ1) is 11.0. The Labute approximate surface area is 137 Å². The number of amides is 1. The number of aryl methyl sites for hydroxylation is 1. The van der Waals surface area contributed by atoms with Crippen molar-refractivity contribution in [3.05, 3.63) is 23.8 Å². The Hall–Kier alpha value is -1.44. The molecular formula is C16H23N3O3S. The predicted octanol–water partition coefficient (Wildman–Crippen LogP) is 1.33. The van der Waals surface area contributed by atoms with Crippen LogP contribution in [0.5, 0.6) is 0 Å². The first-order valence-corrected chi connectivity index (χ1v) is 9.54. The highest BCUT2D eigenvalue weighted by Gasteiger charge is 2.29. The molecule has 1 fully saturated rings. The second-order valence-corrected chi connectivity index (χ2v) is 8.22. The van der Waals surface area contributed by atoms with Gasteiger partial charge in [0.1, 0.15) is 0 Å². The number of benzene rings is 1. The number of piperidine rings is 1. The van der Waals surface area contributed by atoms with Gasteiger partial charge in [0.25, 0.3) is 0 Å². The molecule has 2 aliphatic rings. The van der Waals surface area contributed by atoms with Crippen LogP contribution in [0.4, 0.5) is 5.69 Å². The average molecular weight is 337 g/mol. The highest BCUT2D eigenvalue weighted by molar-refractivity contribution is 7.89. The molecule has 0 radical (unpaired) electrons. The molecule has 0 saturated carbocycles. The number of hydrogen-bond donors (Lipinski definition) is 2. The Morgan fingerprint density at radius 2 is 1.91 bits per heavy atom. The molecule has 0 spiro atoms. The number of sulfonamides is 1. The van der Waals surface area contributed by atoms with E-state index in [1.54, 1.807) is 25.2 Å². The summed E-state index contributed by atoms with van der Waals surface area (Å²) in [5.41, 5.74) is 1.63. The molecule has 1 aromatic rings. The van der Waals surface area contributed by atoms with Crippen molar-refractivity contribution in [2.24, 2.45) is 0 Å². The Morgan fingerprint density at radius 1 is 1.17 bits per heavy atom. The fraction of sp³-hybridized carbons (Fsp3) is 0.562. The monoisotopic (exact) mass is 337 g/mol. The van der Waals surface area contributed by atoms with E-state index in [2.05, 4.69) is 10.6 Å². The van der Waals surface area contributed by atoms with Gasteiger partial charge < -0.3 is 10.6 Å². The van der Waals surface area contributed by atoms with E-state index in [1.165, 1.54) is 4.31 Å². The first-order valence-electron chi connectivity index (χ1n) is 8.10. The third-order valence-corrected chi connectivity index (χ3v) is 6.61. The summed E-state index contributed by atoms with van der Waals surface area (Å²) in [6.07, 6.45) is 3.60. The van der Waals surface area contributed by atoms with E-state index < -0.39 is 10.0 Å². The lowest BCUT2D eigenvalue weighted by atomic mass is 10.1. The molecule has 2 aliphatic heterocycles. The molecule has 0 bridgehead atoms. The van der Waals surface area contributed by atoms with E-state index in [0.29, 0.717) is 17.7 Å². The van der Waals surface area contributed by atoms with Crippen LogP contribution in [0.2, 0.25) is 0 Å². The molecular weight excluding hydrogens is 314 g/mol. The van der Waals surface area contributed by atoms with Gasteiger partial charge in [-0.05, 0) is 62.5 Å². The minimum Gasteiger partial charge on any atom is -0.326 e. The Kier molecular flexibility index (Phi) is 4.70. The molecule has 6 nitrogen and oxygen atoms in total. The second kappa shape index (κ2) is 6.59. The van der Waals surface area contributed by atoms with E-state index in [9.17, 15) is 13.2 Å². The van der Waals surface area contributed by atoms with Crippen molar-refractivity contribution in [3.63, 3.8) is 0 Å². The summed E-state index contributed by atoms with van der Waals surface area (Å²) in [6, 6.07) is 5.06. The van der Waals surface area contributed by atoms with E-state index in [1.807, 2.05) is 0 Å². The minimum atomic E-state index is -3.50. The average Bonchev–Trinajstić information content (AvgIpc) is 2.74. The summed E-state index contributed by atoms with van der Waals surface area (Å²) in [5, 5.41) is 6.09. The predicted molar refractivity (Wildman–Crippen MR) is 88.9 cm³/mol. The largest absolute Gasteiger partial charge is 0.326 e. The molecule has 0 atom stereocenters. The lowest BCUT2D eigenvalue weighted by molar-refractivity contribution is -0.116. The van der Waals surface area contributed by atoms with Gasteiger partial charge in [0.05, 0.1) is 4.90 Å². The number of carbonyl (C=O) groups is 1. The molecule has 1 amide bonds. The summed E-state index contributed by atoms with van der Waals surface area (Å²) >= 11 is 0. The number of rotatable bonds is 3. The van der Waals surface area contributed by atoms with E-state index in [0.717, 1.165) is 43.6 Å². The van der Waals surface area contributed by atoms with Gasteiger partial charge >= 0.3 is 0 Å². The third kappa shape index (κ3) is 3.41. The van der Waals surface area contributed by atoms with Gasteiger partial charge in [-0.1, -0.05) is 0 Å². The summed E-state index contributed by atoms with van der Waals surface area (Å²) in [5.74, 6) is -0.00817. The molecule has 0 unspecified atom stereocenters. The van der Waals surface area contributed by atoms with Crippen LogP contribution in [0.15, 0.2) is 23.1 Å². The standard InChI is InChI=1S/C16H23N3O3S/c1-19(13-7-9-17-10-8-13)23(21,22)14-5-6-15-12(11-14)3-2-4-16(20)18-15/h5-6,11,13,17H,2-4,7-10H2,1H3,(H,18,20). The number of nitrogens with zero attached hydrogens (tertiary/aromatic N) is 1. The molecule has 0 aliphatic carbocycles. The van der Waals surface area contributed by atoms with E-state index in [-0.39, 0.29) is 11.9 Å². The normalized spacial score (nSPS) is 20.0. The maximum Gasteiger partial charge on any atom is 0.243 e. The topological polar surface area (TPSA) is 78.5 Å². The van der Waals surface area contributed by atoms with Crippen molar-refractivity contribution in [1.82, 2.24) is 9.62 Å². The minimum absolute atomic E-state index is 0.00817. The zero-order valence-electron chi connectivity index (χ0n) is 13.3. The zero-order chi connectivity index (χ0) is 16.4. The highest BCUT2D eigenvalue weighted by Crippen LogP contribution is 2.27. The number of anilines is 1. The fourth-order valence-electron chi connectivity index (χ4n) is 3.24. The van der Waals surface area contributed by atoms with Crippen molar-refractivity contribution in [2.45, 2.75) is 43.0 Å². The van der Waals surface area contributed by atoms with Gasteiger partial charge in [-0.15, -0.1) is 0 Å². The van der Waals surface area contributed by atoms with Gasteiger partial charge in [-0.3, -0.25) is 4.79 Å². The molecule has 7 heteroatoms. The summed E-state index contributed by atoms with van der Waals surface area (Å²) < 4.78 is 27.3. The van der Waals surface area contributed by atoms with Crippen LogP contribution in [-0.4, -0.2) is 44.8 Å². The molecule has 126 valence electrons.